The SMILES string of the molecule is Nc1cc2c(cc1NC1CCC(O)CC1)OCCO2. The van der Waals surface area contributed by atoms with Gasteiger partial charge in [0.15, 0.2) is 11.5 Å². The van der Waals surface area contributed by atoms with E-state index < -0.39 is 0 Å². The van der Waals surface area contributed by atoms with Crippen LogP contribution in [0.4, 0.5) is 11.4 Å². The predicted molar refractivity (Wildman–Crippen MR) is 73.7 cm³/mol. The molecule has 1 aromatic carbocycles. The highest BCUT2D eigenvalue weighted by atomic mass is 16.6. The van der Waals surface area contributed by atoms with E-state index >= 15 is 0 Å². The van der Waals surface area contributed by atoms with Crippen molar-refractivity contribution in [2.24, 2.45) is 0 Å². The normalized spacial score (nSPS) is 25.9. The summed E-state index contributed by atoms with van der Waals surface area (Å²) in [6.07, 6.45) is 3.49. The molecule has 0 saturated heterocycles. The first-order valence-electron chi connectivity index (χ1n) is 6.86. The Morgan fingerprint density at radius 1 is 1.05 bits per heavy atom. The summed E-state index contributed by atoms with van der Waals surface area (Å²) in [6.45, 7) is 1.14. The van der Waals surface area contributed by atoms with E-state index in [1.807, 2.05) is 12.1 Å². The van der Waals surface area contributed by atoms with Gasteiger partial charge in [0, 0.05) is 18.2 Å². The molecule has 2 aliphatic rings. The number of hydrogen-bond acceptors (Lipinski definition) is 5. The van der Waals surface area contributed by atoms with Gasteiger partial charge in [0.05, 0.1) is 17.5 Å². The van der Waals surface area contributed by atoms with Crippen LogP contribution in [-0.2, 0) is 0 Å². The van der Waals surface area contributed by atoms with E-state index in [0.29, 0.717) is 30.7 Å². The van der Waals surface area contributed by atoms with Crippen molar-refractivity contribution < 1.29 is 14.6 Å². The third kappa shape index (κ3) is 2.71. The third-order valence-electron chi connectivity index (χ3n) is 3.77. The molecule has 3 rings (SSSR count). The smallest absolute Gasteiger partial charge is 0.163 e. The van der Waals surface area contributed by atoms with Crippen LogP contribution < -0.4 is 20.5 Å². The molecule has 0 amide bonds. The van der Waals surface area contributed by atoms with Crippen molar-refractivity contribution in [2.45, 2.75) is 37.8 Å². The van der Waals surface area contributed by atoms with Crippen LogP contribution >= 0.6 is 0 Å². The number of anilines is 2. The molecule has 1 aliphatic heterocycles. The summed E-state index contributed by atoms with van der Waals surface area (Å²) in [5.74, 6) is 1.46. The van der Waals surface area contributed by atoms with E-state index in [0.717, 1.165) is 37.1 Å². The minimum absolute atomic E-state index is 0.143. The van der Waals surface area contributed by atoms with Crippen molar-refractivity contribution in [3.63, 3.8) is 0 Å². The number of benzene rings is 1. The zero-order valence-electron chi connectivity index (χ0n) is 10.9. The average Bonchev–Trinajstić information content (AvgIpc) is 2.42. The fraction of sp³-hybridized carbons (Fsp3) is 0.571. The van der Waals surface area contributed by atoms with Gasteiger partial charge in [0.1, 0.15) is 13.2 Å². The van der Waals surface area contributed by atoms with Crippen LogP contribution in [0.5, 0.6) is 11.5 Å². The fourth-order valence-corrected chi connectivity index (χ4v) is 2.67. The van der Waals surface area contributed by atoms with Gasteiger partial charge in [-0.2, -0.15) is 0 Å². The van der Waals surface area contributed by atoms with Gasteiger partial charge in [-0.3, -0.25) is 0 Å². The summed E-state index contributed by atoms with van der Waals surface area (Å²) in [5, 5.41) is 13.0. The second-order valence-electron chi connectivity index (χ2n) is 5.23. The molecule has 19 heavy (non-hydrogen) atoms. The minimum Gasteiger partial charge on any atom is -0.486 e. The molecule has 0 bridgehead atoms. The average molecular weight is 264 g/mol. The number of ether oxygens (including phenoxy) is 2. The molecule has 4 N–H and O–H groups in total. The van der Waals surface area contributed by atoms with E-state index in [-0.39, 0.29) is 6.10 Å². The molecule has 0 atom stereocenters. The molecule has 1 saturated carbocycles. The first-order valence-corrected chi connectivity index (χ1v) is 6.86. The van der Waals surface area contributed by atoms with E-state index in [9.17, 15) is 5.11 Å². The molecule has 104 valence electrons. The molecule has 0 radical (unpaired) electrons. The van der Waals surface area contributed by atoms with E-state index in [2.05, 4.69) is 5.32 Å². The van der Waals surface area contributed by atoms with E-state index in [4.69, 9.17) is 15.2 Å². The van der Waals surface area contributed by atoms with Crippen molar-refractivity contribution in [1.29, 1.82) is 0 Å². The Bertz CT molecular complexity index is 456. The number of fused-ring (bicyclic) bond motifs is 1. The Balaban J connectivity index is 1.73. The lowest BCUT2D eigenvalue weighted by Crippen LogP contribution is -2.28. The van der Waals surface area contributed by atoms with Gasteiger partial charge in [-0.05, 0) is 25.7 Å². The second-order valence-corrected chi connectivity index (χ2v) is 5.23. The Labute approximate surface area is 112 Å². The van der Waals surface area contributed by atoms with Gasteiger partial charge in [-0.15, -0.1) is 0 Å². The monoisotopic (exact) mass is 264 g/mol. The highest BCUT2D eigenvalue weighted by Crippen LogP contribution is 2.37. The number of aliphatic hydroxyl groups excluding tert-OH is 1. The first-order chi connectivity index (χ1) is 9.22. The fourth-order valence-electron chi connectivity index (χ4n) is 2.67. The maximum atomic E-state index is 9.52. The zero-order chi connectivity index (χ0) is 13.2. The molecule has 1 heterocycles. The number of nitrogen functional groups attached to an aromatic ring is 1. The molecule has 0 unspecified atom stereocenters. The van der Waals surface area contributed by atoms with Crippen molar-refractivity contribution in [3.05, 3.63) is 12.1 Å². The summed E-state index contributed by atoms with van der Waals surface area (Å²) in [5.41, 5.74) is 7.61. The van der Waals surface area contributed by atoms with Gasteiger partial charge >= 0.3 is 0 Å². The quantitative estimate of drug-likeness (QED) is 0.709. The first kappa shape index (κ1) is 12.4. The third-order valence-corrected chi connectivity index (χ3v) is 3.77. The lowest BCUT2D eigenvalue weighted by molar-refractivity contribution is 0.126. The molecular weight excluding hydrogens is 244 g/mol. The van der Waals surface area contributed by atoms with Crippen LogP contribution in [0.15, 0.2) is 12.1 Å². The molecular formula is C14H20N2O3. The molecule has 1 aromatic rings. The highest BCUT2D eigenvalue weighted by Gasteiger charge is 2.21. The maximum Gasteiger partial charge on any atom is 0.163 e. The predicted octanol–water partition coefficient (Wildman–Crippen LogP) is 1.76. The van der Waals surface area contributed by atoms with Crippen LogP contribution in [0.2, 0.25) is 0 Å². The summed E-state index contributed by atoms with van der Waals surface area (Å²) in [7, 11) is 0. The molecule has 0 spiro atoms. The summed E-state index contributed by atoms with van der Waals surface area (Å²) in [4.78, 5) is 0. The summed E-state index contributed by atoms with van der Waals surface area (Å²) >= 11 is 0. The van der Waals surface area contributed by atoms with Crippen molar-refractivity contribution in [1.82, 2.24) is 0 Å². The Morgan fingerprint density at radius 3 is 2.37 bits per heavy atom. The van der Waals surface area contributed by atoms with Gasteiger partial charge in [-0.25, -0.2) is 0 Å². The Morgan fingerprint density at radius 2 is 1.68 bits per heavy atom. The maximum absolute atomic E-state index is 9.52. The Kier molecular flexibility index (Phi) is 3.38. The van der Waals surface area contributed by atoms with Gasteiger partial charge in [0.2, 0.25) is 0 Å². The van der Waals surface area contributed by atoms with Gasteiger partial charge in [-0.1, -0.05) is 0 Å². The molecule has 5 nitrogen and oxygen atoms in total. The number of aliphatic hydroxyl groups is 1. The topological polar surface area (TPSA) is 76.7 Å². The Hall–Kier alpha value is -1.62. The van der Waals surface area contributed by atoms with Gasteiger partial charge in [0.25, 0.3) is 0 Å². The number of nitrogens with two attached hydrogens (primary N) is 1. The largest absolute Gasteiger partial charge is 0.486 e. The van der Waals surface area contributed by atoms with Crippen molar-refractivity contribution >= 4 is 11.4 Å². The molecule has 1 aliphatic carbocycles. The molecule has 0 aromatic heterocycles. The standard InChI is InChI=1S/C14H20N2O3/c15-11-7-13-14(19-6-5-18-13)8-12(11)16-9-1-3-10(17)4-2-9/h7-10,16-17H,1-6,15H2. The van der Waals surface area contributed by atoms with Crippen LogP contribution in [-0.4, -0.2) is 30.5 Å². The van der Waals surface area contributed by atoms with Crippen LogP contribution in [0.25, 0.3) is 0 Å². The van der Waals surface area contributed by atoms with E-state index in [1.165, 1.54) is 0 Å². The minimum atomic E-state index is -0.143. The summed E-state index contributed by atoms with van der Waals surface area (Å²) < 4.78 is 11.1. The van der Waals surface area contributed by atoms with E-state index in [1.54, 1.807) is 0 Å². The van der Waals surface area contributed by atoms with Crippen molar-refractivity contribution in [3.8, 4) is 11.5 Å². The zero-order valence-corrected chi connectivity index (χ0v) is 10.9. The lowest BCUT2D eigenvalue weighted by Gasteiger charge is -2.28. The number of hydrogen-bond donors (Lipinski definition) is 3. The highest BCUT2D eigenvalue weighted by molar-refractivity contribution is 5.72. The van der Waals surface area contributed by atoms with Crippen LogP contribution in [0.1, 0.15) is 25.7 Å². The molecule has 5 heteroatoms. The summed E-state index contributed by atoms with van der Waals surface area (Å²) in [6, 6.07) is 4.09. The van der Waals surface area contributed by atoms with Crippen molar-refractivity contribution in [2.75, 3.05) is 24.3 Å². The lowest BCUT2D eigenvalue weighted by atomic mass is 9.93. The second kappa shape index (κ2) is 5.17. The van der Waals surface area contributed by atoms with Crippen LogP contribution in [0, 0.1) is 0 Å². The number of nitrogens with one attached hydrogen (secondary N) is 1. The van der Waals surface area contributed by atoms with Gasteiger partial charge < -0.3 is 25.6 Å². The van der Waals surface area contributed by atoms with Crippen LogP contribution in [0.3, 0.4) is 0 Å². The molecule has 1 fully saturated rings. The number of rotatable bonds is 2.